The number of amides is 1. The molecule has 0 fully saturated rings. The maximum atomic E-state index is 12.5. The van der Waals surface area contributed by atoms with Gasteiger partial charge in [-0.05, 0) is 13.0 Å². The van der Waals surface area contributed by atoms with Crippen molar-refractivity contribution in [2.24, 2.45) is 7.05 Å². The van der Waals surface area contributed by atoms with E-state index >= 15 is 0 Å². The van der Waals surface area contributed by atoms with Crippen LogP contribution in [0.15, 0.2) is 11.4 Å². The van der Waals surface area contributed by atoms with Crippen molar-refractivity contribution in [1.29, 1.82) is 0 Å². The number of hydrogen-bond donors (Lipinski definition) is 0. The Kier molecular flexibility index (Phi) is 3.69. The molecule has 0 aliphatic heterocycles. The summed E-state index contributed by atoms with van der Waals surface area (Å²) in [5.41, 5.74) is 2.33. The van der Waals surface area contributed by atoms with Crippen molar-refractivity contribution in [3.05, 3.63) is 28.5 Å². The number of aromatic nitrogens is 3. The van der Waals surface area contributed by atoms with E-state index in [2.05, 4.69) is 30.9 Å². The lowest BCUT2D eigenvalue weighted by Crippen LogP contribution is -2.28. The molecule has 108 valence electrons. The average molecular weight is 292 g/mol. The van der Waals surface area contributed by atoms with Crippen LogP contribution in [0.2, 0.25) is 0 Å². The van der Waals surface area contributed by atoms with Crippen LogP contribution in [0, 0.1) is 6.92 Å². The van der Waals surface area contributed by atoms with Gasteiger partial charge in [-0.2, -0.15) is 5.10 Å². The molecule has 2 aromatic rings. The van der Waals surface area contributed by atoms with E-state index < -0.39 is 0 Å². The van der Waals surface area contributed by atoms with Crippen LogP contribution in [0.25, 0.3) is 0 Å². The van der Waals surface area contributed by atoms with Crippen LogP contribution < -0.4 is 4.90 Å². The maximum absolute atomic E-state index is 12.5. The molecule has 0 atom stereocenters. The van der Waals surface area contributed by atoms with Gasteiger partial charge in [-0.1, -0.05) is 20.8 Å². The fourth-order valence-corrected chi connectivity index (χ4v) is 2.55. The fraction of sp³-hybridized carbons (Fsp3) is 0.500. The van der Waals surface area contributed by atoms with Gasteiger partial charge in [0.05, 0.1) is 11.4 Å². The first-order valence-electron chi connectivity index (χ1n) is 6.45. The van der Waals surface area contributed by atoms with Gasteiger partial charge in [0.25, 0.3) is 5.91 Å². The van der Waals surface area contributed by atoms with Gasteiger partial charge in [0.15, 0.2) is 5.13 Å². The Morgan fingerprint density at radius 2 is 2.05 bits per heavy atom. The number of aryl methyl sites for hydroxylation is 2. The summed E-state index contributed by atoms with van der Waals surface area (Å²) in [4.78, 5) is 18.5. The zero-order valence-corrected chi connectivity index (χ0v) is 13.6. The van der Waals surface area contributed by atoms with Crippen LogP contribution in [-0.4, -0.2) is 27.7 Å². The average Bonchev–Trinajstić information content (AvgIpc) is 2.93. The quantitative estimate of drug-likeness (QED) is 0.855. The van der Waals surface area contributed by atoms with Gasteiger partial charge < -0.3 is 0 Å². The van der Waals surface area contributed by atoms with E-state index in [0.29, 0.717) is 10.8 Å². The molecule has 0 bridgehead atoms. The lowest BCUT2D eigenvalue weighted by atomic mass is 9.92. The molecule has 0 saturated heterocycles. The Morgan fingerprint density at radius 1 is 1.40 bits per heavy atom. The summed E-state index contributed by atoms with van der Waals surface area (Å²) < 4.78 is 1.64. The van der Waals surface area contributed by atoms with E-state index in [0.717, 1.165) is 11.4 Å². The highest BCUT2D eigenvalue weighted by atomic mass is 32.1. The van der Waals surface area contributed by atoms with E-state index in [9.17, 15) is 4.79 Å². The topological polar surface area (TPSA) is 51.0 Å². The van der Waals surface area contributed by atoms with Crippen molar-refractivity contribution in [1.82, 2.24) is 14.8 Å². The molecule has 0 aromatic carbocycles. The highest BCUT2D eigenvalue weighted by molar-refractivity contribution is 7.14. The molecule has 20 heavy (non-hydrogen) atoms. The van der Waals surface area contributed by atoms with Gasteiger partial charge in [0.1, 0.15) is 5.69 Å². The number of hydrogen-bond acceptors (Lipinski definition) is 4. The second-order valence-electron chi connectivity index (χ2n) is 5.92. The molecule has 2 aromatic heterocycles. The Bertz CT molecular complexity index is 636. The van der Waals surface area contributed by atoms with Gasteiger partial charge in [0, 0.05) is 24.9 Å². The molecular weight excluding hydrogens is 272 g/mol. The molecule has 0 aliphatic carbocycles. The van der Waals surface area contributed by atoms with Crippen LogP contribution in [0.1, 0.15) is 42.6 Å². The number of rotatable bonds is 2. The molecule has 0 N–H and O–H groups in total. The number of anilines is 1. The minimum atomic E-state index is -0.0927. The third-order valence-electron chi connectivity index (χ3n) is 3.07. The second-order valence-corrected chi connectivity index (χ2v) is 6.76. The van der Waals surface area contributed by atoms with E-state index in [-0.39, 0.29) is 11.3 Å². The fourth-order valence-electron chi connectivity index (χ4n) is 1.79. The molecule has 5 nitrogen and oxygen atoms in total. The smallest absolute Gasteiger partial charge is 0.278 e. The standard InChI is InChI=1S/C14H20N4OS/c1-9-8-20-13(15-9)17(5)12(19)10-7-11(14(2,3)4)16-18(10)6/h7-8H,1-6H3. The monoisotopic (exact) mass is 292 g/mol. The SMILES string of the molecule is Cc1csc(N(C)C(=O)c2cc(C(C)(C)C)nn2C)n1. The van der Waals surface area contributed by atoms with Gasteiger partial charge in [-0.25, -0.2) is 4.98 Å². The Balaban J connectivity index is 2.32. The lowest BCUT2D eigenvalue weighted by molar-refractivity contribution is 0.0984. The molecule has 2 heterocycles. The van der Waals surface area contributed by atoms with E-state index in [4.69, 9.17) is 0 Å². The zero-order chi connectivity index (χ0) is 15.1. The van der Waals surface area contributed by atoms with Gasteiger partial charge in [0.2, 0.25) is 0 Å². The molecule has 0 unspecified atom stereocenters. The van der Waals surface area contributed by atoms with E-state index in [1.165, 1.54) is 11.3 Å². The van der Waals surface area contributed by atoms with Crippen molar-refractivity contribution in [3.63, 3.8) is 0 Å². The molecule has 0 spiro atoms. The minimum Gasteiger partial charge on any atom is -0.286 e. The molecule has 6 heteroatoms. The van der Waals surface area contributed by atoms with Crippen molar-refractivity contribution in [2.45, 2.75) is 33.1 Å². The Morgan fingerprint density at radius 3 is 2.50 bits per heavy atom. The van der Waals surface area contributed by atoms with Crippen LogP contribution in [0.3, 0.4) is 0 Å². The van der Waals surface area contributed by atoms with Crippen LogP contribution in [0.5, 0.6) is 0 Å². The number of thiazole rings is 1. The Labute approximate surface area is 123 Å². The number of carbonyl (C=O) groups excluding carboxylic acids is 1. The summed E-state index contributed by atoms with van der Waals surface area (Å²) in [5, 5.41) is 7.07. The molecule has 0 saturated carbocycles. The third kappa shape index (κ3) is 2.75. The summed E-state index contributed by atoms with van der Waals surface area (Å²) in [6, 6.07) is 1.86. The summed E-state index contributed by atoms with van der Waals surface area (Å²) in [6.07, 6.45) is 0. The Hall–Kier alpha value is -1.69. The zero-order valence-electron chi connectivity index (χ0n) is 12.8. The van der Waals surface area contributed by atoms with Crippen molar-refractivity contribution >= 4 is 22.4 Å². The molecule has 0 aliphatic rings. The maximum Gasteiger partial charge on any atom is 0.278 e. The molecule has 1 amide bonds. The van der Waals surface area contributed by atoms with Gasteiger partial charge >= 0.3 is 0 Å². The normalized spacial score (nSPS) is 11.7. The van der Waals surface area contributed by atoms with Gasteiger partial charge in [-0.3, -0.25) is 14.4 Å². The van der Waals surface area contributed by atoms with Crippen LogP contribution >= 0.6 is 11.3 Å². The molecular formula is C14H20N4OS. The number of carbonyl (C=O) groups is 1. The lowest BCUT2D eigenvalue weighted by Gasteiger charge is -2.14. The predicted octanol–water partition coefficient (Wildman–Crippen LogP) is 2.76. The van der Waals surface area contributed by atoms with E-state index in [1.807, 2.05) is 18.4 Å². The number of nitrogens with zero attached hydrogens (tertiary/aromatic N) is 4. The summed E-state index contributed by atoms with van der Waals surface area (Å²) in [5.74, 6) is -0.0927. The van der Waals surface area contributed by atoms with Crippen molar-refractivity contribution in [2.75, 3.05) is 11.9 Å². The van der Waals surface area contributed by atoms with Gasteiger partial charge in [-0.15, -0.1) is 11.3 Å². The largest absolute Gasteiger partial charge is 0.286 e. The minimum absolute atomic E-state index is 0.0768. The highest BCUT2D eigenvalue weighted by Gasteiger charge is 2.24. The van der Waals surface area contributed by atoms with Crippen LogP contribution in [0.4, 0.5) is 5.13 Å². The highest BCUT2D eigenvalue weighted by Crippen LogP contribution is 2.24. The molecule has 0 radical (unpaired) electrons. The van der Waals surface area contributed by atoms with E-state index in [1.54, 1.807) is 23.7 Å². The van der Waals surface area contributed by atoms with Crippen LogP contribution in [-0.2, 0) is 12.5 Å². The first-order chi connectivity index (χ1) is 9.20. The second kappa shape index (κ2) is 5.01. The summed E-state index contributed by atoms with van der Waals surface area (Å²) in [7, 11) is 3.54. The summed E-state index contributed by atoms with van der Waals surface area (Å²) in [6.45, 7) is 8.16. The predicted molar refractivity (Wildman–Crippen MR) is 81.5 cm³/mol. The van der Waals surface area contributed by atoms with Crippen molar-refractivity contribution in [3.8, 4) is 0 Å². The summed E-state index contributed by atoms with van der Waals surface area (Å²) >= 11 is 1.46. The van der Waals surface area contributed by atoms with Crippen molar-refractivity contribution < 1.29 is 4.79 Å². The molecule has 2 rings (SSSR count). The third-order valence-corrected chi connectivity index (χ3v) is 4.10. The first kappa shape index (κ1) is 14.7. The first-order valence-corrected chi connectivity index (χ1v) is 7.33.